The first-order valence-electron chi connectivity index (χ1n) is 5.56. The van der Waals surface area contributed by atoms with Gasteiger partial charge < -0.3 is 0 Å². The molecule has 0 spiro atoms. The number of pyridine rings is 1. The number of rotatable bonds is 0. The van der Waals surface area contributed by atoms with Crippen LogP contribution < -0.4 is 4.57 Å². The molecule has 5 heteroatoms. The van der Waals surface area contributed by atoms with Gasteiger partial charge in [-0.3, -0.25) is 4.57 Å². The number of nitrogens with zero attached hydrogens (tertiary/aromatic N) is 5. The molecule has 0 bridgehead atoms. The molecule has 0 radical (unpaired) electrons. The molecular weight excluding hydrogens is 214 g/mol. The zero-order valence-corrected chi connectivity index (χ0v) is 8.85. The zero-order valence-electron chi connectivity index (χ0n) is 8.85. The predicted octanol–water partition coefficient (Wildman–Crippen LogP) is 0.881. The Hall–Kier alpha value is -2.43. The van der Waals surface area contributed by atoms with Gasteiger partial charge in [0.2, 0.25) is 5.82 Å². The molecule has 0 N–H and O–H groups in total. The van der Waals surface area contributed by atoms with E-state index in [1.54, 1.807) is 0 Å². The Kier molecular flexibility index (Phi) is 1.05. The molecule has 80 valence electrons. The summed E-state index contributed by atoms with van der Waals surface area (Å²) in [5.74, 6) is 2.02. The van der Waals surface area contributed by atoms with Crippen LogP contribution in [0.3, 0.4) is 0 Å². The fraction of sp³-hybridized carbons (Fsp3) is 0.0833. The fourth-order valence-electron chi connectivity index (χ4n) is 2.88. The molecule has 1 atom stereocenters. The number of fused-ring (bicyclic) bond motifs is 6. The summed E-state index contributed by atoms with van der Waals surface area (Å²) in [7, 11) is 0. The average Bonchev–Trinajstić information content (AvgIpc) is 3.04. The highest BCUT2D eigenvalue weighted by Crippen LogP contribution is 2.38. The van der Waals surface area contributed by atoms with Gasteiger partial charge in [-0.25, -0.2) is 14.5 Å². The summed E-state index contributed by atoms with van der Waals surface area (Å²) in [6.07, 6.45) is 7.99. The van der Waals surface area contributed by atoms with Gasteiger partial charge in [0.25, 0.3) is 5.69 Å². The number of aromatic nitrogens is 5. The average molecular weight is 222 g/mol. The second-order valence-electron chi connectivity index (χ2n) is 4.33. The van der Waals surface area contributed by atoms with Gasteiger partial charge in [0.15, 0.2) is 12.0 Å². The van der Waals surface area contributed by atoms with Crippen molar-refractivity contribution in [3.05, 3.63) is 43.0 Å². The molecule has 17 heavy (non-hydrogen) atoms. The third-order valence-electron chi connectivity index (χ3n) is 3.54. The maximum Gasteiger partial charge on any atom is 0.327 e. The van der Waals surface area contributed by atoms with E-state index < -0.39 is 0 Å². The Morgan fingerprint density at radius 2 is 2.18 bits per heavy atom. The zero-order chi connectivity index (χ0) is 11.0. The van der Waals surface area contributed by atoms with Crippen molar-refractivity contribution in [1.82, 2.24) is 19.1 Å². The van der Waals surface area contributed by atoms with E-state index in [9.17, 15) is 0 Å². The van der Waals surface area contributed by atoms with Crippen molar-refractivity contribution in [2.75, 3.05) is 0 Å². The highest BCUT2D eigenvalue weighted by Gasteiger charge is 2.45. The van der Waals surface area contributed by atoms with Crippen molar-refractivity contribution in [3.8, 4) is 23.0 Å². The molecule has 2 aliphatic rings. The Labute approximate surface area is 96.6 Å². The number of hydrogen-bond acceptors (Lipinski definition) is 2. The van der Waals surface area contributed by atoms with Gasteiger partial charge in [-0.1, -0.05) is 0 Å². The SMILES string of the molecule is c1cc[n+]2c(c1)-c1ncc3n1C2n1ccnc1-3. The first-order chi connectivity index (χ1) is 8.45. The van der Waals surface area contributed by atoms with E-state index in [4.69, 9.17) is 0 Å². The van der Waals surface area contributed by atoms with Crippen molar-refractivity contribution in [3.63, 3.8) is 0 Å². The molecule has 0 aliphatic carbocycles. The van der Waals surface area contributed by atoms with E-state index in [2.05, 4.69) is 35.9 Å². The van der Waals surface area contributed by atoms with Gasteiger partial charge in [0.1, 0.15) is 5.69 Å². The molecule has 1 unspecified atom stereocenters. The Morgan fingerprint density at radius 3 is 3.18 bits per heavy atom. The Morgan fingerprint density at radius 1 is 1.18 bits per heavy atom. The third kappa shape index (κ3) is 0.683. The van der Waals surface area contributed by atoms with Crippen LogP contribution in [-0.2, 0) is 0 Å². The van der Waals surface area contributed by atoms with Gasteiger partial charge in [-0.05, 0) is 6.07 Å². The van der Waals surface area contributed by atoms with Gasteiger partial charge in [0, 0.05) is 24.5 Å². The quantitative estimate of drug-likeness (QED) is 0.365. The summed E-state index contributed by atoms with van der Waals surface area (Å²) >= 11 is 0. The second kappa shape index (κ2) is 2.29. The van der Waals surface area contributed by atoms with Crippen LogP contribution in [0.4, 0.5) is 0 Å². The maximum absolute atomic E-state index is 4.51. The minimum atomic E-state index is 0.135. The smallest absolute Gasteiger partial charge is 0.251 e. The monoisotopic (exact) mass is 222 g/mol. The Balaban J connectivity index is 2.00. The molecule has 0 amide bonds. The molecule has 0 fully saturated rings. The van der Waals surface area contributed by atoms with Gasteiger partial charge in [-0.15, -0.1) is 0 Å². The summed E-state index contributed by atoms with van der Waals surface area (Å²) < 4.78 is 6.64. The summed E-state index contributed by atoms with van der Waals surface area (Å²) in [6.45, 7) is 0. The van der Waals surface area contributed by atoms with Crippen molar-refractivity contribution in [2.24, 2.45) is 0 Å². The van der Waals surface area contributed by atoms with Crippen LogP contribution in [0.1, 0.15) is 6.29 Å². The molecule has 2 aliphatic heterocycles. The van der Waals surface area contributed by atoms with Gasteiger partial charge >= 0.3 is 6.29 Å². The molecule has 0 saturated carbocycles. The lowest BCUT2D eigenvalue weighted by Gasteiger charge is -2.04. The molecule has 5 heterocycles. The lowest BCUT2D eigenvalue weighted by Crippen LogP contribution is -2.42. The van der Waals surface area contributed by atoms with E-state index in [-0.39, 0.29) is 6.29 Å². The first kappa shape index (κ1) is 7.78. The van der Waals surface area contributed by atoms with Crippen molar-refractivity contribution >= 4 is 0 Å². The standard InChI is InChI=1S/C12H8N5/c1-2-5-15-8(3-1)11-14-7-9-10-13-4-6-16(10)12(15)17(9)11/h1-7,12H/q+1. The lowest BCUT2D eigenvalue weighted by atomic mass is 10.3. The van der Waals surface area contributed by atoms with Crippen molar-refractivity contribution < 1.29 is 4.57 Å². The van der Waals surface area contributed by atoms with Gasteiger partial charge in [0.05, 0.1) is 6.20 Å². The molecular formula is C12H8N5+. The largest absolute Gasteiger partial charge is 0.327 e. The normalized spacial score (nSPS) is 18.0. The first-order valence-corrected chi connectivity index (χ1v) is 5.56. The molecule has 3 aromatic heterocycles. The highest BCUT2D eigenvalue weighted by molar-refractivity contribution is 5.62. The van der Waals surface area contributed by atoms with Crippen LogP contribution in [0.2, 0.25) is 0 Å². The third-order valence-corrected chi connectivity index (χ3v) is 3.54. The number of hydrogen-bond donors (Lipinski definition) is 0. The van der Waals surface area contributed by atoms with Crippen molar-refractivity contribution in [2.45, 2.75) is 6.29 Å². The number of imidazole rings is 2. The second-order valence-corrected chi connectivity index (χ2v) is 4.33. The van der Waals surface area contributed by atoms with Gasteiger partial charge in [-0.2, -0.15) is 4.57 Å². The Bertz CT molecular complexity index is 767. The summed E-state index contributed by atoms with van der Waals surface area (Å²) in [5.41, 5.74) is 2.25. The van der Waals surface area contributed by atoms with E-state index >= 15 is 0 Å². The minimum absolute atomic E-state index is 0.135. The lowest BCUT2D eigenvalue weighted by molar-refractivity contribution is -0.713. The van der Waals surface area contributed by atoms with Crippen LogP contribution in [0, 0.1) is 0 Å². The van der Waals surface area contributed by atoms with Crippen LogP contribution >= 0.6 is 0 Å². The van der Waals surface area contributed by atoms with E-state index in [0.717, 1.165) is 23.0 Å². The van der Waals surface area contributed by atoms with Crippen LogP contribution in [-0.4, -0.2) is 19.1 Å². The fourth-order valence-corrected chi connectivity index (χ4v) is 2.88. The summed E-state index contributed by atoms with van der Waals surface area (Å²) in [5, 5.41) is 0. The van der Waals surface area contributed by atoms with E-state index in [0.29, 0.717) is 0 Å². The topological polar surface area (TPSA) is 39.5 Å². The minimum Gasteiger partial charge on any atom is -0.251 e. The molecule has 0 aromatic carbocycles. The summed E-state index contributed by atoms with van der Waals surface area (Å²) in [4.78, 5) is 8.90. The van der Waals surface area contributed by atoms with E-state index in [1.165, 1.54) is 0 Å². The molecule has 0 saturated heterocycles. The predicted molar refractivity (Wildman–Crippen MR) is 58.9 cm³/mol. The molecule has 5 rings (SSSR count). The summed E-state index contributed by atoms with van der Waals surface area (Å²) in [6, 6.07) is 6.19. The highest BCUT2D eigenvalue weighted by atomic mass is 15.5. The van der Waals surface area contributed by atoms with Crippen LogP contribution in [0.25, 0.3) is 23.0 Å². The molecule has 5 nitrogen and oxygen atoms in total. The van der Waals surface area contributed by atoms with E-state index in [1.807, 2.05) is 30.7 Å². The van der Waals surface area contributed by atoms with Crippen LogP contribution in [0.15, 0.2) is 43.0 Å². The molecule has 3 aromatic rings. The maximum atomic E-state index is 4.51. The van der Waals surface area contributed by atoms with Crippen LogP contribution in [0.5, 0.6) is 0 Å². The van der Waals surface area contributed by atoms with Crippen molar-refractivity contribution in [1.29, 1.82) is 0 Å².